The van der Waals surface area contributed by atoms with Gasteiger partial charge in [0.2, 0.25) is 0 Å². The molecule has 19 heavy (non-hydrogen) atoms. The quantitative estimate of drug-likeness (QED) is 0.683. The number of aromatic hydroxyl groups is 2. The monoisotopic (exact) mass is 266 g/mol. The number of nitrogens with zero attached hydrogens (tertiary/aromatic N) is 1. The van der Waals surface area contributed by atoms with Crippen molar-refractivity contribution in [1.82, 2.24) is 10.2 Å². The molecule has 0 heterocycles. The van der Waals surface area contributed by atoms with Crippen LogP contribution in [0.2, 0.25) is 0 Å². The smallest absolute Gasteiger partial charge is 0.251 e. The van der Waals surface area contributed by atoms with Gasteiger partial charge in [0.1, 0.15) is 0 Å². The first-order chi connectivity index (χ1) is 8.95. The molecule has 5 heteroatoms. The summed E-state index contributed by atoms with van der Waals surface area (Å²) in [6.45, 7) is 5.57. The van der Waals surface area contributed by atoms with Gasteiger partial charge >= 0.3 is 0 Å². The lowest BCUT2D eigenvalue weighted by molar-refractivity contribution is 0.0947. The van der Waals surface area contributed by atoms with E-state index < -0.39 is 0 Å². The third-order valence-electron chi connectivity index (χ3n) is 3.33. The Kier molecular flexibility index (Phi) is 5.63. The summed E-state index contributed by atoms with van der Waals surface area (Å²) in [7, 11) is 2.02. The third kappa shape index (κ3) is 4.44. The van der Waals surface area contributed by atoms with Crippen molar-refractivity contribution < 1.29 is 15.0 Å². The summed E-state index contributed by atoms with van der Waals surface area (Å²) in [5, 5.41) is 21.3. The maximum absolute atomic E-state index is 11.8. The topological polar surface area (TPSA) is 72.8 Å². The van der Waals surface area contributed by atoms with Crippen LogP contribution in [0.15, 0.2) is 18.2 Å². The van der Waals surface area contributed by atoms with E-state index in [1.165, 1.54) is 18.2 Å². The fraction of sp³-hybridized carbons (Fsp3) is 0.500. The summed E-state index contributed by atoms with van der Waals surface area (Å²) in [6, 6.07) is 4.51. The zero-order chi connectivity index (χ0) is 14.4. The maximum Gasteiger partial charge on any atom is 0.251 e. The first kappa shape index (κ1) is 15.3. The first-order valence-corrected chi connectivity index (χ1v) is 6.46. The number of carbonyl (C=O) groups excluding carboxylic acids is 1. The van der Waals surface area contributed by atoms with Crippen molar-refractivity contribution >= 4 is 5.91 Å². The Morgan fingerprint density at radius 2 is 2.05 bits per heavy atom. The molecule has 0 bridgehead atoms. The Morgan fingerprint density at radius 3 is 2.63 bits per heavy atom. The van der Waals surface area contributed by atoms with Gasteiger partial charge in [-0.3, -0.25) is 4.79 Å². The molecule has 0 fully saturated rings. The fourth-order valence-corrected chi connectivity index (χ4v) is 1.64. The molecule has 1 atom stereocenters. The zero-order valence-electron chi connectivity index (χ0n) is 11.7. The van der Waals surface area contributed by atoms with Crippen LogP contribution in [0.25, 0.3) is 0 Å². The Morgan fingerprint density at radius 1 is 1.37 bits per heavy atom. The average molecular weight is 266 g/mol. The van der Waals surface area contributed by atoms with Crippen LogP contribution in [0.1, 0.15) is 30.6 Å². The van der Waals surface area contributed by atoms with Gasteiger partial charge in [0.05, 0.1) is 0 Å². The molecule has 0 saturated heterocycles. The second-order valence-electron chi connectivity index (χ2n) is 4.70. The van der Waals surface area contributed by atoms with E-state index in [4.69, 9.17) is 0 Å². The minimum Gasteiger partial charge on any atom is -0.504 e. The van der Waals surface area contributed by atoms with Gasteiger partial charge in [-0.1, -0.05) is 6.92 Å². The van der Waals surface area contributed by atoms with Crippen LogP contribution < -0.4 is 5.32 Å². The molecule has 0 saturated carbocycles. The molecule has 1 rings (SSSR count). The van der Waals surface area contributed by atoms with Gasteiger partial charge in [0, 0.05) is 24.7 Å². The lowest BCUT2D eigenvalue weighted by atomic mass is 10.2. The summed E-state index contributed by atoms with van der Waals surface area (Å²) >= 11 is 0. The van der Waals surface area contributed by atoms with E-state index in [0.717, 1.165) is 13.0 Å². The van der Waals surface area contributed by atoms with Gasteiger partial charge < -0.3 is 20.4 Å². The van der Waals surface area contributed by atoms with Crippen molar-refractivity contribution in [2.75, 3.05) is 20.1 Å². The van der Waals surface area contributed by atoms with Crippen molar-refractivity contribution in [3.05, 3.63) is 23.8 Å². The SMILES string of the molecule is CCC(C)N(C)CCNC(=O)c1ccc(O)c(O)c1. The normalized spacial score (nSPS) is 12.4. The predicted molar refractivity (Wildman–Crippen MR) is 74.5 cm³/mol. The fourth-order valence-electron chi connectivity index (χ4n) is 1.64. The van der Waals surface area contributed by atoms with E-state index in [2.05, 4.69) is 24.1 Å². The first-order valence-electron chi connectivity index (χ1n) is 6.46. The lowest BCUT2D eigenvalue weighted by Gasteiger charge is -2.23. The second kappa shape index (κ2) is 6.99. The van der Waals surface area contributed by atoms with Crippen molar-refractivity contribution in [2.45, 2.75) is 26.3 Å². The maximum atomic E-state index is 11.8. The van der Waals surface area contributed by atoms with Crippen LogP contribution in [-0.2, 0) is 0 Å². The predicted octanol–water partition coefficient (Wildman–Crippen LogP) is 1.56. The number of nitrogens with one attached hydrogen (secondary N) is 1. The van der Waals surface area contributed by atoms with Crippen LogP contribution in [-0.4, -0.2) is 47.2 Å². The molecule has 0 radical (unpaired) electrons. The Bertz CT molecular complexity index is 435. The average Bonchev–Trinajstić information content (AvgIpc) is 2.40. The number of benzene rings is 1. The summed E-state index contributed by atoms with van der Waals surface area (Å²) in [5.74, 6) is -0.773. The minimum absolute atomic E-state index is 0.229. The van der Waals surface area contributed by atoms with Crippen molar-refractivity contribution in [1.29, 1.82) is 0 Å². The molecule has 3 N–H and O–H groups in total. The van der Waals surface area contributed by atoms with E-state index in [-0.39, 0.29) is 17.4 Å². The zero-order valence-corrected chi connectivity index (χ0v) is 11.7. The van der Waals surface area contributed by atoms with Crippen molar-refractivity contribution in [2.24, 2.45) is 0 Å². The van der Waals surface area contributed by atoms with Crippen molar-refractivity contribution in [3.63, 3.8) is 0 Å². The number of phenolic OH excluding ortho intramolecular Hbond substituents is 2. The number of likely N-dealkylation sites (N-methyl/N-ethyl adjacent to an activating group) is 1. The van der Waals surface area contributed by atoms with E-state index >= 15 is 0 Å². The highest BCUT2D eigenvalue weighted by molar-refractivity contribution is 5.94. The second-order valence-corrected chi connectivity index (χ2v) is 4.70. The highest BCUT2D eigenvalue weighted by Gasteiger charge is 2.10. The van der Waals surface area contributed by atoms with E-state index in [0.29, 0.717) is 18.2 Å². The van der Waals surface area contributed by atoms with Crippen LogP contribution in [0, 0.1) is 0 Å². The van der Waals surface area contributed by atoms with Crippen LogP contribution in [0.3, 0.4) is 0 Å². The van der Waals surface area contributed by atoms with Gasteiger partial charge in [-0.2, -0.15) is 0 Å². The molecule has 106 valence electrons. The number of phenols is 2. The lowest BCUT2D eigenvalue weighted by Crippen LogP contribution is -2.37. The molecular weight excluding hydrogens is 244 g/mol. The summed E-state index contributed by atoms with van der Waals surface area (Å²) < 4.78 is 0. The summed E-state index contributed by atoms with van der Waals surface area (Å²) in [4.78, 5) is 14.0. The Labute approximate surface area is 113 Å². The standard InChI is InChI=1S/C14H22N2O3/c1-4-10(2)16(3)8-7-15-14(19)11-5-6-12(17)13(18)9-11/h5-6,9-10,17-18H,4,7-8H2,1-3H3,(H,15,19). The van der Waals surface area contributed by atoms with E-state index in [1.54, 1.807) is 0 Å². The highest BCUT2D eigenvalue weighted by Crippen LogP contribution is 2.24. The van der Waals surface area contributed by atoms with E-state index in [9.17, 15) is 15.0 Å². The van der Waals surface area contributed by atoms with Gasteiger partial charge in [0.25, 0.3) is 5.91 Å². The van der Waals surface area contributed by atoms with Crippen LogP contribution in [0.5, 0.6) is 11.5 Å². The third-order valence-corrected chi connectivity index (χ3v) is 3.33. The number of hydrogen-bond donors (Lipinski definition) is 3. The van der Waals surface area contributed by atoms with Crippen molar-refractivity contribution in [3.8, 4) is 11.5 Å². The molecule has 0 aliphatic carbocycles. The largest absolute Gasteiger partial charge is 0.504 e. The summed E-state index contributed by atoms with van der Waals surface area (Å²) in [6.07, 6.45) is 1.07. The minimum atomic E-state index is -0.288. The number of hydrogen-bond acceptors (Lipinski definition) is 4. The molecule has 5 nitrogen and oxygen atoms in total. The number of carbonyl (C=O) groups is 1. The van der Waals surface area contributed by atoms with Gasteiger partial charge in [0.15, 0.2) is 11.5 Å². The molecule has 0 aliphatic rings. The van der Waals surface area contributed by atoms with Crippen LogP contribution in [0.4, 0.5) is 0 Å². The molecular formula is C14H22N2O3. The molecule has 0 aliphatic heterocycles. The Balaban J connectivity index is 2.45. The molecule has 0 aromatic heterocycles. The van der Waals surface area contributed by atoms with Crippen LogP contribution >= 0.6 is 0 Å². The Hall–Kier alpha value is -1.75. The molecule has 0 spiro atoms. The van der Waals surface area contributed by atoms with Gasteiger partial charge in [-0.05, 0) is 38.6 Å². The van der Waals surface area contributed by atoms with Gasteiger partial charge in [-0.25, -0.2) is 0 Å². The number of amides is 1. The molecule has 1 aromatic carbocycles. The number of rotatable bonds is 6. The molecule has 1 amide bonds. The van der Waals surface area contributed by atoms with Gasteiger partial charge in [-0.15, -0.1) is 0 Å². The highest BCUT2D eigenvalue weighted by atomic mass is 16.3. The molecule has 1 aromatic rings. The summed E-state index contributed by atoms with van der Waals surface area (Å²) in [5.41, 5.74) is 0.335. The molecule has 1 unspecified atom stereocenters. The van der Waals surface area contributed by atoms with E-state index in [1.807, 2.05) is 7.05 Å².